The van der Waals surface area contributed by atoms with Crippen LogP contribution in [0.5, 0.6) is 0 Å². The molecule has 2 aromatic heterocycles. The minimum absolute atomic E-state index is 0.0735. The minimum atomic E-state index is -4.79. The quantitative estimate of drug-likeness (QED) is 0.501. The smallest absolute Gasteiger partial charge is 0.383 e. The van der Waals surface area contributed by atoms with Crippen molar-refractivity contribution in [2.75, 3.05) is 44.4 Å². The van der Waals surface area contributed by atoms with Crippen LogP contribution in [0.3, 0.4) is 0 Å². The van der Waals surface area contributed by atoms with Gasteiger partial charge in [-0.25, -0.2) is 14.4 Å². The van der Waals surface area contributed by atoms with Gasteiger partial charge in [0, 0.05) is 50.1 Å². The molecule has 0 radical (unpaired) electrons. The highest BCUT2D eigenvalue weighted by atomic mass is 19.4. The van der Waals surface area contributed by atoms with Gasteiger partial charge in [-0.1, -0.05) is 0 Å². The maximum Gasteiger partial charge on any atom is 0.419 e. The molecule has 36 heavy (non-hydrogen) atoms. The summed E-state index contributed by atoms with van der Waals surface area (Å²) in [7, 11) is 3.89. The molecule has 1 fully saturated rings. The first-order valence-electron chi connectivity index (χ1n) is 11.6. The number of likely N-dealkylation sites (N-methyl/N-ethyl adjacent to an activating group) is 1. The Balaban J connectivity index is 1.61. The number of imidazole rings is 1. The highest BCUT2D eigenvalue weighted by Crippen LogP contribution is 2.36. The van der Waals surface area contributed by atoms with Crippen LogP contribution in [0.2, 0.25) is 0 Å². The van der Waals surface area contributed by atoms with E-state index in [0.717, 1.165) is 43.0 Å². The fourth-order valence-corrected chi connectivity index (χ4v) is 4.51. The summed E-state index contributed by atoms with van der Waals surface area (Å²) >= 11 is 0. The van der Waals surface area contributed by atoms with Gasteiger partial charge in [-0.3, -0.25) is 0 Å². The zero-order valence-electron chi connectivity index (χ0n) is 20.1. The minimum Gasteiger partial charge on any atom is -0.383 e. The van der Waals surface area contributed by atoms with Gasteiger partial charge in [-0.05, 0) is 51.2 Å². The van der Waals surface area contributed by atoms with E-state index in [2.05, 4.69) is 16.0 Å². The predicted octanol–water partition coefficient (Wildman–Crippen LogP) is 4.50. The van der Waals surface area contributed by atoms with Crippen LogP contribution in [0.15, 0.2) is 36.7 Å². The fourth-order valence-electron chi connectivity index (χ4n) is 4.51. The molecule has 1 aliphatic rings. The van der Waals surface area contributed by atoms with Crippen molar-refractivity contribution >= 4 is 11.5 Å². The van der Waals surface area contributed by atoms with Crippen LogP contribution in [0, 0.1) is 17.1 Å². The van der Waals surface area contributed by atoms with E-state index in [0.29, 0.717) is 30.9 Å². The topological polar surface area (TPSA) is 87.0 Å². The summed E-state index contributed by atoms with van der Waals surface area (Å²) in [6.07, 6.45) is 0.0129. The van der Waals surface area contributed by atoms with Crippen LogP contribution < -0.4 is 10.6 Å². The third-order valence-electron chi connectivity index (χ3n) is 6.43. The lowest BCUT2D eigenvalue weighted by Gasteiger charge is -2.34. The van der Waals surface area contributed by atoms with Gasteiger partial charge in [-0.2, -0.15) is 18.4 Å². The molecule has 1 aromatic carbocycles. The Morgan fingerprint density at radius 2 is 1.92 bits per heavy atom. The van der Waals surface area contributed by atoms with Crippen molar-refractivity contribution in [2.24, 2.45) is 0 Å². The van der Waals surface area contributed by atoms with Crippen molar-refractivity contribution in [3.05, 3.63) is 59.4 Å². The summed E-state index contributed by atoms with van der Waals surface area (Å²) in [5.74, 6) is -0.249. The van der Waals surface area contributed by atoms with E-state index < -0.39 is 17.6 Å². The molecule has 2 N–H and O–H groups in total. The molecule has 7 nitrogen and oxygen atoms in total. The lowest BCUT2D eigenvalue weighted by atomic mass is 9.95. The number of alkyl halides is 3. The second-order valence-corrected chi connectivity index (χ2v) is 9.14. The number of halogens is 4. The van der Waals surface area contributed by atoms with Gasteiger partial charge in [0.1, 0.15) is 29.1 Å². The maximum atomic E-state index is 13.8. The summed E-state index contributed by atoms with van der Waals surface area (Å²) in [5, 5.41) is 9.49. The molecule has 0 saturated carbocycles. The Bertz CT molecular complexity index is 1270. The number of piperidine rings is 1. The molecule has 0 aliphatic carbocycles. The molecule has 4 rings (SSSR count). The largest absolute Gasteiger partial charge is 0.419 e. The Labute approximate surface area is 206 Å². The molecule has 3 heterocycles. The Kier molecular flexibility index (Phi) is 7.17. The van der Waals surface area contributed by atoms with Gasteiger partial charge in [0.2, 0.25) is 0 Å². The lowest BCUT2D eigenvalue weighted by molar-refractivity contribution is -0.139. The van der Waals surface area contributed by atoms with E-state index in [4.69, 9.17) is 10.7 Å². The number of benzene rings is 1. The van der Waals surface area contributed by atoms with Crippen molar-refractivity contribution in [2.45, 2.75) is 31.5 Å². The molecule has 0 spiro atoms. The number of nitrogens with two attached hydrogens (primary N) is 1. The molecule has 1 saturated heterocycles. The standard InChI is InChI=1S/C25H27F4N7/c1-34(2)11-12-36-15-21(17-3-4-20(26)19(13-17)25(27,28)29)33-24(36)16-6-9-35(10-7-16)22-5-8-32-23(31)18(22)14-30/h3-5,8,13,15-16H,6-7,9-12H2,1-2H3,(H2,31,32). The zero-order valence-corrected chi connectivity index (χ0v) is 20.1. The third kappa shape index (κ3) is 5.28. The van der Waals surface area contributed by atoms with E-state index in [1.807, 2.05) is 23.6 Å². The molecule has 1 aliphatic heterocycles. The summed E-state index contributed by atoms with van der Waals surface area (Å²) in [5.41, 5.74) is 6.26. The van der Waals surface area contributed by atoms with Crippen LogP contribution in [-0.4, -0.2) is 53.2 Å². The van der Waals surface area contributed by atoms with E-state index in [1.165, 1.54) is 6.07 Å². The number of pyridine rings is 1. The highest BCUT2D eigenvalue weighted by Gasteiger charge is 2.34. The fraction of sp³-hybridized carbons (Fsp3) is 0.400. The highest BCUT2D eigenvalue weighted by molar-refractivity contribution is 5.67. The molecule has 0 unspecified atom stereocenters. The molecular formula is C25H27F4N7. The molecule has 0 bridgehead atoms. The Morgan fingerprint density at radius 3 is 2.56 bits per heavy atom. The van der Waals surface area contributed by atoms with Gasteiger partial charge >= 0.3 is 6.18 Å². The van der Waals surface area contributed by atoms with Crippen LogP contribution in [-0.2, 0) is 12.7 Å². The second kappa shape index (κ2) is 10.1. The predicted molar refractivity (Wildman–Crippen MR) is 129 cm³/mol. The first-order chi connectivity index (χ1) is 17.1. The van der Waals surface area contributed by atoms with Gasteiger partial charge in [0.15, 0.2) is 0 Å². The van der Waals surface area contributed by atoms with Crippen molar-refractivity contribution in [3.8, 4) is 17.3 Å². The number of nitrogen functional groups attached to an aromatic ring is 1. The number of nitrogens with zero attached hydrogens (tertiary/aromatic N) is 6. The van der Waals surface area contributed by atoms with Gasteiger partial charge < -0.3 is 20.1 Å². The van der Waals surface area contributed by atoms with E-state index >= 15 is 0 Å². The number of hydrogen-bond donors (Lipinski definition) is 1. The maximum absolute atomic E-state index is 13.8. The average Bonchev–Trinajstić information content (AvgIpc) is 3.26. The number of nitriles is 1. The van der Waals surface area contributed by atoms with Crippen molar-refractivity contribution in [1.82, 2.24) is 19.4 Å². The van der Waals surface area contributed by atoms with Gasteiger partial charge in [0.05, 0.1) is 16.9 Å². The Hall–Kier alpha value is -3.65. The number of rotatable bonds is 6. The molecule has 0 atom stereocenters. The van der Waals surface area contributed by atoms with Crippen molar-refractivity contribution in [3.63, 3.8) is 0 Å². The van der Waals surface area contributed by atoms with E-state index in [1.54, 1.807) is 18.5 Å². The molecule has 0 amide bonds. The first kappa shape index (κ1) is 25.4. The van der Waals surface area contributed by atoms with Crippen LogP contribution in [0.25, 0.3) is 11.3 Å². The van der Waals surface area contributed by atoms with Crippen molar-refractivity contribution in [1.29, 1.82) is 5.26 Å². The average molecular weight is 502 g/mol. The van der Waals surface area contributed by atoms with Crippen molar-refractivity contribution < 1.29 is 17.6 Å². The number of hydrogen-bond acceptors (Lipinski definition) is 6. The van der Waals surface area contributed by atoms with Crippen LogP contribution in [0.1, 0.15) is 35.7 Å². The lowest BCUT2D eigenvalue weighted by Crippen LogP contribution is -2.34. The monoisotopic (exact) mass is 501 g/mol. The normalized spacial score (nSPS) is 14.9. The van der Waals surface area contributed by atoms with E-state index in [9.17, 15) is 22.8 Å². The van der Waals surface area contributed by atoms with Gasteiger partial charge in [-0.15, -0.1) is 0 Å². The van der Waals surface area contributed by atoms with Crippen LogP contribution in [0.4, 0.5) is 29.1 Å². The number of anilines is 2. The van der Waals surface area contributed by atoms with E-state index in [-0.39, 0.29) is 17.3 Å². The molecular weight excluding hydrogens is 474 g/mol. The zero-order chi connectivity index (χ0) is 26.0. The Morgan fingerprint density at radius 1 is 1.19 bits per heavy atom. The van der Waals surface area contributed by atoms with Gasteiger partial charge in [0.25, 0.3) is 0 Å². The summed E-state index contributed by atoms with van der Waals surface area (Å²) in [6.45, 7) is 2.66. The first-order valence-corrected chi connectivity index (χ1v) is 11.6. The third-order valence-corrected chi connectivity index (χ3v) is 6.43. The summed E-state index contributed by atoms with van der Waals surface area (Å²) in [6, 6.07) is 6.88. The molecule has 11 heteroatoms. The second-order valence-electron chi connectivity index (χ2n) is 9.14. The summed E-state index contributed by atoms with van der Waals surface area (Å²) in [4.78, 5) is 12.8. The summed E-state index contributed by atoms with van der Waals surface area (Å²) < 4.78 is 55.6. The number of aromatic nitrogens is 3. The van der Waals surface area contributed by atoms with Crippen LogP contribution >= 0.6 is 0 Å². The molecule has 3 aromatic rings. The molecule has 190 valence electrons. The SMILES string of the molecule is CN(C)CCn1cc(-c2ccc(F)c(C(F)(F)F)c2)nc1C1CCN(c2ccnc(N)c2C#N)CC1.